The molecule has 0 aliphatic carbocycles. The third kappa shape index (κ3) is 3.50. The molecular weight excluding hydrogens is 328 g/mol. The minimum absolute atomic E-state index is 0.0263. The molecule has 0 spiro atoms. The second kappa shape index (κ2) is 7.09. The number of hydrogen-bond acceptors (Lipinski definition) is 4. The van der Waals surface area contributed by atoms with Gasteiger partial charge in [0.1, 0.15) is 11.9 Å². The van der Waals surface area contributed by atoms with Crippen molar-refractivity contribution < 1.29 is 9.53 Å². The zero-order valence-corrected chi connectivity index (χ0v) is 14.5. The first-order valence-corrected chi connectivity index (χ1v) is 8.66. The van der Waals surface area contributed by atoms with E-state index < -0.39 is 6.10 Å². The summed E-state index contributed by atoms with van der Waals surface area (Å²) >= 11 is 0. The SMILES string of the molecule is Cn1cc(-c2cccc(NC(=O)[C@H]3CC[C@@H](c4ccccc4)O3)n2)cn1. The molecule has 1 amide bonds. The quantitative estimate of drug-likeness (QED) is 0.785. The number of nitrogens with one attached hydrogen (secondary N) is 1. The monoisotopic (exact) mass is 348 g/mol. The lowest BCUT2D eigenvalue weighted by molar-refractivity contribution is -0.126. The van der Waals surface area contributed by atoms with Gasteiger partial charge in [0.2, 0.25) is 0 Å². The van der Waals surface area contributed by atoms with Crippen molar-refractivity contribution in [3.63, 3.8) is 0 Å². The zero-order chi connectivity index (χ0) is 17.9. The molecule has 132 valence electrons. The lowest BCUT2D eigenvalue weighted by Crippen LogP contribution is -2.27. The fourth-order valence-electron chi connectivity index (χ4n) is 3.17. The van der Waals surface area contributed by atoms with Crippen LogP contribution in [0.25, 0.3) is 11.3 Å². The van der Waals surface area contributed by atoms with Crippen molar-refractivity contribution in [1.29, 1.82) is 0 Å². The van der Waals surface area contributed by atoms with Gasteiger partial charge in [-0.25, -0.2) is 4.98 Å². The van der Waals surface area contributed by atoms with E-state index in [4.69, 9.17) is 4.74 Å². The van der Waals surface area contributed by atoms with Crippen molar-refractivity contribution in [1.82, 2.24) is 14.8 Å². The fraction of sp³-hybridized carbons (Fsp3) is 0.250. The van der Waals surface area contributed by atoms with Crippen LogP contribution in [0.4, 0.5) is 5.82 Å². The number of hydrogen-bond donors (Lipinski definition) is 1. The van der Waals surface area contributed by atoms with Crippen LogP contribution in [-0.2, 0) is 16.6 Å². The van der Waals surface area contributed by atoms with E-state index in [1.807, 2.05) is 55.7 Å². The van der Waals surface area contributed by atoms with Crippen molar-refractivity contribution in [3.8, 4) is 11.3 Å². The first kappa shape index (κ1) is 16.5. The highest BCUT2D eigenvalue weighted by Gasteiger charge is 2.31. The number of anilines is 1. The van der Waals surface area contributed by atoms with E-state index in [1.54, 1.807) is 16.9 Å². The number of amides is 1. The van der Waals surface area contributed by atoms with Crippen molar-refractivity contribution in [3.05, 3.63) is 66.5 Å². The molecule has 1 aliphatic heterocycles. The molecule has 1 N–H and O–H groups in total. The Morgan fingerprint density at radius 3 is 2.77 bits per heavy atom. The third-order valence-electron chi connectivity index (χ3n) is 4.48. The number of pyridine rings is 1. The van der Waals surface area contributed by atoms with Gasteiger partial charge in [-0.05, 0) is 30.5 Å². The molecule has 1 saturated heterocycles. The summed E-state index contributed by atoms with van der Waals surface area (Å²) in [5, 5.41) is 7.02. The van der Waals surface area contributed by atoms with Gasteiger partial charge in [0.05, 0.1) is 18.0 Å². The Labute approximate surface area is 151 Å². The molecule has 6 heteroatoms. The Bertz CT molecular complexity index is 907. The summed E-state index contributed by atoms with van der Waals surface area (Å²) in [6.07, 6.45) is 4.70. The summed E-state index contributed by atoms with van der Waals surface area (Å²) in [7, 11) is 1.86. The zero-order valence-electron chi connectivity index (χ0n) is 14.5. The second-order valence-electron chi connectivity index (χ2n) is 6.40. The van der Waals surface area contributed by atoms with Gasteiger partial charge in [0.25, 0.3) is 5.91 Å². The van der Waals surface area contributed by atoms with Crippen LogP contribution in [0, 0.1) is 0 Å². The van der Waals surface area contributed by atoms with E-state index in [2.05, 4.69) is 15.4 Å². The highest BCUT2D eigenvalue weighted by atomic mass is 16.5. The largest absolute Gasteiger partial charge is 0.360 e. The predicted molar refractivity (Wildman–Crippen MR) is 98.4 cm³/mol. The molecule has 3 heterocycles. The van der Waals surface area contributed by atoms with E-state index in [0.717, 1.165) is 23.2 Å². The van der Waals surface area contributed by atoms with E-state index in [1.165, 1.54) is 0 Å². The number of carbonyl (C=O) groups excluding carboxylic acids is 1. The smallest absolute Gasteiger partial charge is 0.254 e. The Balaban J connectivity index is 1.42. The number of carbonyl (C=O) groups is 1. The van der Waals surface area contributed by atoms with Crippen LogP contribution in [0.3, 0.4) is 0 Å². The number of benzene rings is 1. The Morgan fingerprint density at radius 1 is 1.15 bits per heavy atom. The van der Waals surface area contributed by atoms with Crippen LogP contribution in [0.5, 0.6) is 0 Å². The molecule has 1 aromatic carbocycles. The number of nitrogens with zero attached hydrogens (tertiary/aromatic N) is 3. The summed E-state index contributed by atoms with van der Waals surface area (Å²) in [6.45, 7) is 0. The van der Waals surface area contributed by atoms with E-state index in [0.29, 0.717) is 12.2 Å². The lowest BCUT2D eigenvalue weighted by Gasteiger charge is -2.14. The van der Waals surface area contributed by atoms with Gasteiger partial charge in [-0.15, -0.1) is 0 Å². The molecule has 0 radical (unpaired) electrons. The number of rotatable bonds is 4. The topological polar surface area (TPSA) is 69.0 Å². The molecule has 1 fully saturated rings. The van der Waals surface area contributed by atoms with Crippen LogP contribution in [0.1, 0.15) is 24.5 Å². The minimum atomic E-state index is -0.455. The molecule has 3 aromatic rings. The third-order valence-corrected chi connectivity index (χ3v) is 4.48. The minimum Gasteiger partial charge on any atom is -0.360 e. The standard InChI is InChI=1S/C20H20N4O2/c1-24-13-15(12-21-24)16-8-5-9-19(22-16)23-20(25)18-11-10-17(26-18)14-6-3-2-4-7-14/h2-9,12-13,17-18H,10-11H2,1H3,(H,22,23,25)/t17-,18+/m0/s1. The summed E-state index contributed by atoms with van der Waals surface area (Å²) in [6, 6.07) is 15.6. The maximum atomic E-state index is 12.6. The van der Waals surface area contributed by atoms with E-state index >= 15 is 0 Å². The Morgan fingerprint density at radius 2 is 2.00 bits per heavy atom. The molecular formula is C20H20N4O2. The van der Waals surface area contributed by atoms with Gasteiger partial charge >= 0.3 is 0 Å². The van der Waals surface area contributed by atoms with Gasteiger partial charge < -0.3 is 10.1 Å². The molecule has 1 aliphatic rings. The van der Waals surface area contributed by atoms with Crippen LogP contribution in [-0.4, -0.2) is 26.8 Å². The van der Waals surface area contributed by atoms with Gasteiger partial charge in [-0.3, -0.25) is 9.48 Å². The normalized spacial score (nSPS) is 19.4. The van der Waals surface area contributed by atoms with Crippen LogP contribution < -0.4 is 5.32 Å². The van der Waals surface area contributed by atoms with Crippen molar-refractivity contribution in [2.24, 2.45) is 7.05 Å². The van der Waals surface area contributed by atoms with Crippen molar-refractivity contribution >= 4 is 11.7 Å². The molecule has 6 nitrogen and oxygen atoms in total. The van der Waals surface area contributed by atoms with Crippen LogP contribution >= 0.6 is 0 Å². The van der Waals surface area contributed by atoms with Crippen molar-refractivity contribution in [2.75, 3.05) is 5.32 Å². The molecule has 0 saturated carbocycles. The van der Waals surface area contributed by atoms with Crippen LogP contribution in [0.2, 0.25) is 0 Å². The summed E-state index contributed by atoms with van der Waals surface area (Å²) in [5.41, 5.74) is 2.79. The molecule has 0 unspecified atom stereocenters. The molecule has 26 heavy (non-hydrogen) atoms. The molecule has 2 atom stereocenters. The molecule has 0 bridgehead atoms. The van der Waals surface area contributed by atoms with E-state index in [9.17, 15) is 4.79 Å². The number of aromatic nitrogens is 3. The summed E-state index contributed by atoms with van der Waals surface area (Å²) in [4.78, 5) is 17.1. The number of aryl methyl sites for hydroxylation is 1. The van der Waals surface area contributed by atoms with Gasteiger partial charge in [0, 0.05) is 18.8 Å². The lowest BCUT2D eigenvalue weighted by atomic mass is 10.1. The maximum Gasteiger partial charge on any atom is 0.254 e. The average Bonchev–Trinajstić information content (AvgIpc) is 3.32. The first-order valence-electron chi connectivity index (χ1n) is 8.66. The van der Waals surface area contributed by atoms with Gasteiger partial charge in [0.15, 0.2) is 0 Å². The Kier molecular flexibility index (Phi) is 4.50. The Hall–Kier alpha value is -2.99. The van der Waals surface area contributed by atoms with E-state index in [-0.39, 0.29) is 12.0 Å². The first-order chi connectivity index (χ1) is 12.7. The molecule has 2 aromatic heterocycles. The molecule has 4 rings (SSSR count). The maximum absolute atomic E-state index is 12.6. The number of ether oxygens (including phenoxy) is 1. The highest BCUT2D eigenvalue weighted by molar-refractivity contribution is 5.93. The average molecular weight is 348 g/mol. The van der Waals surface area contributed by atoms with Gasteiger partial charge in [-0.2, -0.15) is 5.10 Å². The summed E-state index contributed by atoms with van der Waals surface area (Å²) in [5.74, 6) is 0.363. The summed E-state index contributed by atoms with van der Waals surface area (Å²) < 4.78 is 7.67. The fourth-order valence-corrected chi connectivity index (χ4v) is 3.17. The highest BCUT2D eigenvalue weighted by Crippen LogP contribution is 2.33. The van der Waals surface area contributed by atoms with Crippen LogP contribution in [0.15, 0.2) is 60.9 Å². The van der Waals surface area contributed by atoms with Crippen molar-refractivity contribution in [2.45, 2.75) is 25.0 Å². The van der Waals surface area contributed by atoms with Gasteiger partial charge in [-0.1, -0.05) is 36.4 Å². The predicted octanol–water partition coefficient (Wildman–Crippen LogP) is 3.34. The second-order valence-corrected chi connectivity index (χ2v) is 6.40.